The molecule has 16 heavy (non-hydrogen) atoms. The molecule has 1 aromatic heterocycles. The van der Waals surface area contributed by atoms with Crippen molar-refractivity contribution in [3.05, 3.63) is 52.8 Å². The molecule has 82 valence electrons. The number of benzene rings is 1. The fourth-order valence-electron chi connectivity index (χ4n) is 1.71. The van der Waals surface area contributed by atoms with Crippen LogP contribution in [0.2, 0.25) is 0 Å². The molecule has 0 saturated heterocycles. The van der Waals surface area contributed by atoms with Crippen LogP contribution in [0, 0.1) is 0 Å². The van der Waals surface area contributed by atoms with Gasteiger partial charge in [-0.3, -0.25) is 9.36 Å². The maximum Gasteiger partial charge on any atom is 0.255 e. The topological polar surface area (TPSA) is 22.0 Å². The quantitative estimate of drug-likeness (QED) is 0.767. The molecule has 0 radical (unpaired) electrons. The Morgan fingerprint density at radius 2 is 2.00 bits per heavy atom. The van der Waals surface area contributed by atoms with Crippen molar-refractivity contribution in [2.45, 2.75) is 19.8 Å². The van der Waals surface area contributed by atoms with E-state index >= 15 is 0 Å². The van der Waals surface area contributed by atoms with Gasteiger partial charge >= 0.3 is 0 Å². The molecule has 1 heterocycles. The first-order chi connectivity index (χ1) is 7.83. The van der Waals surface area contributed by atoms with Crippen molar-refractivity contribution in [2.75, 3.05) is 0 Å². The molecule has 1 aromatic carbocycles. The van der Waals surface area contributed by atoms with Crippen LogP contribution in [0.1, 0.15) is 19.8 Å². The number of hydrogen-bond acceptors (Lipinski definition) is 1. The fourth-order valence-corrected chi connectivity index (χ4v) is 1.71. The van der Waals surface area contributed by atoms with Crippen LogP contribution in [-0.2, 0) is 0 Å². The van der Waals surface area contributed by atoms with Crippen LogP contribution in [0.3, 0.4) is 0 Å². The van der Waals surface area contributed by atoms with Gasteiger partial charge in [-0.2, -0.15) is 0 Å². The molecule has 0 aliphatic heterocycles. The van der Waals surface area contributed by atoms with E-state index in [2.05, 4.69) is 6.92 Å². The lowest BCUT2D eigenvalue weighted by molar-refractivity contribution is 0.954. The predicted molar refractivity (Wildman–Crippen MR) is 68.4 cm³/mol. The van der Waals surface area contributed by atoms with Crippen LogP contribution >= 0.6 is 0 Å². The van der Waals surface area contributed by atoms with Gasteiger partial charge in [-0.05, 0) is 23.9 Å². The number of nitrogens with zero attached hydrogens (tertiary/aromatic N) is 1. The molecule has 0 bridgehead atoms. The van der Waals surface area contributed by atoms with Crippen LogP contribution < -0.4 is 5.56 Å². The Morgan fingerprint density at radius 1 is 1.19 bits per heavy atom. The highest BCUT2D eigenvalue weighted by molar-refractivity contribution is 5.80. The van der Waals surface area contributed by atoms with Crippen molar-refractivity contribution in [3.63, 3.8) is 0 Å². The lowest BCUT2D eigenvalue weighted by atomic mass is 10.2. The van der Waals surface area contributed by atoms with Crippen molar-refractivity contribution < 1.29 is 0 Å². The maximum absolute atomic E-state index is 11.7. The lowest BCUT2D eigenvalue weighted by Gasteiger charge is -2.04. The van der Waals surface area contributed by atoms with Gasteiger partial charge in [0.15, 0.2) is 0 Å². The van der Waals surface area contributed by atoms with Crippen molar-refractivity contribution in [3.8, 4) is 0 Å². The molecule has 0 spiro atoms. The van der Waals surface area contributed by atoms with E-state index in [1.807, 2.05) is 42.6 Å². The third kappa shape index (κ3) is 2.06. The molecule has 0 aliphatic carbocycles. The monoisotopic (exact) mass is 213 g/mol. The van der Waals surface area contributed by atoms with Crippen LogP contribution in [-0.4, -0.2) is 4.57 Å². The Balaban J connectivity index is 2.57. The van der Waals surface area contributed by atoms with E-state index in [0.29, 0.717) is 0 Å². The summed E-state index contributed by atoms with van der Waals surface area (Å²) in [6, 6.07) is 11.4. The Labute approximate surface area is 94.8 Å². The number of hydrogen-bond donors (Lipinski definition) is 0. The number of unbranched alkanes of at least 4 members (excludes halogenated alkanes) is 1. The number of para-hydroxylation sites is 1. The largest absolute Gasteiger partial charge is 0.284 e. The normalized spacial score (nSPS) is 11.3. The Kier molecular flexibility index (Phi) is 3.20. The molecule has 2 rings (SSSR count). The molecule has 2 nitrogen and oxygen atoms in total. The second kappa shape index (κ2) is 4.79. The van der Waals surface area contributed by atoms with E-state index in [9.17, 15) is 4.79 Å². The molecule has 0 atom stereocenters. The molecule has 0 unspecified atom stereocenters. The zero-order valence-electron chi connectivity index (χ0n) is 9.39. The van der Waals surface area contributed by atoms with E-state index in [0.717, 1.165) is 23.7 Å². The van der Waals surface area contributed by atoms with Crippen molar-refractivity contribution >= 4 is 17.1 Å². The van der Waals surface area contributed by atoms with Crippen molar-refractivity contribution in [2.24, 2.45) is 0 Å². The number of rotatable bonds is 3. The number of fused-ring (bicyclic) bond motifs is 1. The average Bonchev–Trinajstić information content (AvgIpc) is 2.32. The Morgan fingerprint density at radius 3 is 2.81 bits per heavy atom. The molecular formula is C14H15NO. The first kappa shape index (κ1) is 10.7. The van der Waals surface area contributed by atoms with E-state index in [1.54, 1.807) is 10.6 Å². The molecule has 0 aliphatic rings. The highest BCUT2D eigenvalue weighted by Crippen LogP contribution is 2.11. The van der Waals surface area contributed by atoms with Gasteiger partial charge in [-0.15, -0.1) is 0 Å². The second-order valence-electron chi connectivity index (χ2n) is 3.77. The zero-order chi connectivity index (χ0) is 11.4. The summed E-state index contributed by atoms with van der Waals surface area (Å²) in [5.41, 5.74) is 0.980. The summed E-state index contributed by atoms with van der Waals surface area (Å²) >= 11 is 0. The molecule has 0 amide bonds. The van der Waals surface area contributed by atoms with Crippen molar-refractivity contribution in [1.82, 2.24) is 4.57 Å². The number of allylic oxidation sites excluding steroid dienone is 1. The summed E-state index contributed by atoms with van der Waals surface area (Å²) in [6.45, 7) is 2.12. The summed E-state index contributed by atoms with van der Waals surface area (Å²) in [5.74, 6) is 0. The van der Waals surface area contributed by atoms with E-state index in [4.69, 9.17) is 0 Å². The summed E-state index contributed by atoms with van der Waals surface area (Å²) < 4.78 is 1.70. The predicted octanol–water partition coefficient (Wildman–Crippen LogP) is 3.27. The highest BCUT2D eigenvalue weighted by Gasteiger charge is 1.98. The summed E-state index contributed by atoms with van der Waals surface area (Å²) in [6.07, 6.45) is 5.99. The standard InChI is InChI=1S/C14H15NO/c1-2-3-6-11-15-13-8-5-4-7-12(13)9-10-14(15)16/h4-11H,2-3H2,1H3. The van der Waals surface area contributed by atoms with Gasteiger partial charge in [-0.1, -0.05) is 37.6 Å². The van der Waals surface area contributed by atoms with E-state index in [-0.39, 0.29) is 5.56 Å². The summed E-state index contributed by atoms with van der Waals surface area (Å²) in [5, 5.41) is 1.09. The zero-order valence-corrected chi connectivity index (χ0v) is 9.39. The molecule has 2 heteroatoms. The van der Waals surface area contributed by atoms with E-state index in [1.165, 1.54) is 0 Å². The van der Waals surface area contributed by atoms with Gasteiger partial charge in [0.25, 0.3) is 5.56 Å². The third-order valence-electron chi connectivity index (χ3n) is 2.55. The smallest absolute Gasteiger partial charge is 0.255 e. The molecule has 0 saturated carbocycles. The van der Waals surface area contributed by atoms with Crippen LogP contribution in [0.5, 0.6) is 0 Å². The minimum atomic E-state index is 0.0195. The minimum absolute atomic E-state index is 0.0195. The number of aromatic nitrogens is 1. The fraction of sp³-hybridized carbons (Fsp3) is 0.214. The Bertz CT molecular complexity index is 566. The SMILES string of the molecule is CCCC=Cn1c(=O)ccc2ccccc21. The number of pyridine rings is 1. The minimum Gasteiger partial charge on any atom is -0.284 e. The second-order valence-corrected chi connectivity index (χ2v) is 3.77. The highest BCUT2D eigenvalue weighted by atomic mass is 16.1. The first-order valence-electron chi connectivity index (χ1n) is 5.60. The third-order valence-corrected chi connectivity index (χ3v) is 2.55. The van der Waals surface area contributed by atoms with Crippen LogP contribution in [0.4, 0.5) is 0 Å². The van der Waals surface area contributed by atoms with Gasteiger partial charge in [0.1, 0.15) is 0 Å². The van der Waals surface area contributed by atoms with Gasteiger partial charge in [0.05, 0.1) is 5.52 Å². The molecule has 2 aromatic rings. The van der Waals surface area contributed by atoms with Crippen molar-refractivity contribution in [1.29, 1.82) is 0 Å². The average molecular weight is 213 g/mol. The lowest BCUT2D eigenvalue weighted by Crippen LogP contribution is -2.13. The van der Waals surface area contributed by atoms with Crippen LogP contribution in [0.15, 0.2) is 47.3 Å². The summed E-state index contributed by atoms with van der Waals surface area (Å²) in [4.78, 5) is 11.7. The van der Waals surface area contributed by atoms with Gasteiger partial charge in [-0.25, -0.2) is 0 Å². The Hall–Kier alpha value is -1.83. The van der Waals surface area contributed by atoms with Crippen LogP contribution in [0.25, 0.3) is 17.1 Å². The molecular weight excluding hydrogens is 198 g/mol. The van der Waals surface area contributed by atoms with Gasteiger partial charge < -0.3 is 0 Å². The van der Waals surface area contributed by atoms with Gasteiger partial charge in [0, 0.05) is 12.3 Å². The first-order valence-corrected chi connectivity index (χ1v) is 5.60. The molecule has 0 fully saturated rings. The molecule has 0 N–H and O–H groups in total. The van der Waals surface area contributed by atoms with Gasteiger partial charge in [0.2, 0.25) is 0 Å². The maximum atomic E-state index is 11.7. The van der Waals surface area contributed by atoms with E-state index < -0.39 is 0 Å². The summed E-state index contributed by atoms with van der Waals surface area (Å²) in [7, 11) is 0.